The van der Waals surface area contributed by atoms with E-state index >= 15 is 0 Å². The van der Waals surface area contributed by atoms with Crippen LogP contribution in [-0.2, 0) is 4.79 Å². The Kier molecular flexibility index (Phi) is 6.62. The maximum absolute atomic E-state index is 12.3. The van der Waals surface area contributed by atoms with E-state index in [0.717, 1.165) is 17.4 Å². The summed E-state index contributed by atoms with van der Waals surface area (Å²) in [5.41, 5.74) is 7.60. The molecule has 3 N–H and O–H groups in total. The first-order valence-corrected chi connectivity index (χ1v) is 8.64. The Bertz CT molecular complexity index is 797. The molecular weight excluding hydrogens is 340 g/mol. The molecule has 1 aromatic heterocycles. The highest BCUT2D eigenvalue weighted by Crippen LogP contribution is 2.27. The van der Waals surface area contributed by atoms with E-state index in [-0.39, 0.29) is 18.3 Å². The highest BCUT2D eigenvalue weighted by Gasteiger charge is 2.21. The van der Waals surface area contributed by atoms with Crippen LogP contribution in [0.15, 0.2) is 33.5 Å². The number of carbonyl (C=O) groups excluding carboxylic acids is 1. The Morgan fingerprint density at radius 3 is 2.72 bits per heavy atom. The van der Waals surface area contributed by atoms with Gasteiger partial charge < -0.3 is 15.5 Å². The number of nitrogens with two attached hydrogens (primary N) is 1. The molecule has 1 aliphatic rings. The zero-order chi connectivity index (χ0) is 17.1. The fraction of sp³-hybridized carbons (Fsp3) is 0.474. The third-order valence-corrected chi connectivity index (χ3v) is 4.87. The molecule has 1 saturated carbocycles. The van der Waals surface area contributed by atoms with Gasteiger partial charge in [-0.15, -0.1) is 12.4 Å². The van der Waals surface area contributed by atoms with Gasteiger partial charge in [0.2, 0.25) is 5.91 Å². The van der Waals surface area contributed by atoms with Gasteiger partial charge in [-0.25, -0.2) is 4.79 Å². The molecule has 6 heteroatoms. The predicted octanol–water partition coefficient (Wildman–Crippen LogP) is 3.76. The van der Waals surface area contributed by atoms with Gasteiger partial charge in [0.1, 0.15) is 5.58 Å². The Morgan fingerprint density at radius 1 is 1.28 bits per heavy atom. The Balaban J connectivity index is 0.00000225. The van der Waals surface area contributed by atoms with E-state index in [0.29, 0.717) is 17.2 Å². The minimum absolute atomic E-state index is 0. The minimum Gasteiger partial charge on any atom is -0.423 e. The molecule has 1 atom stereocenters. The van der Waals surface area contributed by atoms with Crippen molar-refractivity contribution in [3.8, 4) is 0 Å². The number of fused-ring (bicyclic) bond motifs is 1. The summed E-state index contributed by atoms with van der Waals surface area (Å²) in [6.07, 6.45) is 6.83. The van der Waals surface area contributed by atoms with Gasteiger partial charge in [-0.3, -0.25) is 4.79 Å². The predicted molar refractivity (Wildman–Crippen MR) is 102 cm³/mol. The standard InChI is InChI=1S/C19H24N2O3.ClH/c1-12-9-18(22)24-17-11-14(7-8-15(12)17)21-19(23)16(20)10-13-5-3-2-4-6-13;/h7-9,11,13,16H,2-6,10,20H2,1H3,(H,21,23);1H/t16-;/m0./s1. The third kappa shape index (κ3) is 4.83. The van der Waals surface area contributed by atoms with Gasteiger partial charge in [0, 0.05) is 23.2 Å². The summed E-state index contributed by atoms with van der Waals surface area (Å²) in [4.78, 5) is 23.8. The van der Waals surface area contributed by atoms with Crippen LogP contribution in [0.2, 0.25) is 0 Å². The van der Waals surface area contributed by atoms with E-state index in [2.05, 4.69) is 5.32 Å². The molecule has 0 unspecified atom stereocenters. The first kappa shape index (κ1) is 19.5. The highest BCUT2D eigenvalue weighted by atomic mass is 35.5. The lowest BCUT2D eigenvalue weighted by atomic mass is 9.85. The lowest BCUT2D eigenvalue weighted by molar-refractivity contribution is -0.117. The number of anilines is 1. The van der Waals surface area contributed by atoms with E-state index in [1.165, 1.54) is 38.2 Å². The van der Waals surface area contributed by atoms with Crippen LogP contribution in [0.5, 0.6) is 0 Å². The lowest BCUT2D eigenvalue weighted by Gasteiger charge is -2.24. The molecule has 1 fully saturated rings. The fourth-order valence-electron chi connectivity index (χ4n) is 3.53. The van der Waals surface area contributed by atoms with Crippen molar-refractivity contribution in [2.75, 3.05) is 5.32 Å². The zero-order valence-corrected chi connectivity index (χ0v) is 15.2. The first-order chi connectivity index (χ1) is 11.5. The molecule has 1 aliphatic carbocycles. The molecule has 1 heterocycles. The van der Waals surface area contributed by atoms with Crippen LogP contribution in [0.25, 0.3) is 11.0 Å². The number of nitrogens with one attached hydrogen (secondary N) is 1. The van der Waals surface area contributed by atoms with E-state index < -0.39 is 11.7 Å². The number of rotatable bonds is 4. The Labute approximate surface area is 153 Å². The van der Waals surface area contributed by atoms with Crippen molar-refractivity contribution in [1.29, 1.82) is 0 Å². The molecule has 25 heavy (non-hydrogen) atoms. The van der Waals surface area contributed by atoms with Crippen LogP contribution in [0.3, 0.4) is 0 Å². The molecule has 0 bridgehead atoms. The SMILES string of the molecule is Cc1cc(=O)oc2cc(NC(=O)[C@@H](N)CC3CCCCC3)ccc12.Cl. The summed E-state index contributed by atoms with van der Waals surface area (Å²) >= 11 is 0. The number of benzene rings is 1. The van der Waals surface area contributed by atoms with Crippen LogP contribution < -0.4 is 16.7 Å². The van der Waals surface area contributed by atoms with Gasteiger partial charge in [-0.2, -0.15) is 0 Å². The zero-order valence-electron chi connectivity index (χ0n) is 14.4. The summed E-state index contributed by atoms with van der Waals surface area (Å²) in [6.45, 7) is 1.86. The monoisotopic (exact) mass is 364 g/mol. The van der Waals surface area contributed by atoms with Crippen molar-refractivity contribution in [3.63, 3.8) is 0 Å². The summed E-state index contributed by atoms with van der Waals surface area (Å²) < 4.78 is 5.21. The van der Waals surface area contributed by atoms with Crippen LogP contribution in [-0.4, -0.2) is 11.9 Å². The topological polar surface area (TPSA) is 85.3 Å². The molecule has 1 aromatic carbocycles. The molecule has 136 valence electrons. The van der Waals surface area contributed by atoms with Crippen LogP contribution in [0.4, 0.5) is 5.69 Å². The maximum atomic E-state index is 12.3. The average Bonchev–Trinajstić information content (AvgIpc) is 2.55. The average molecular weight is 365 g/mol. The van der Waals surface area contributed by atoms with Crippen molar-refractivity contribution in [2.24, 2.45) is 11.7 Å². The Morgan fingerprint density at radius 2 is 2.00 bits per heavy atom. The van der Waals surface area contributed by atoms with Crippen molar-refractivity contribution < 1.29 is 9.21 Å². The van der Waals surface area contributed by atoms with Crippen molar-refractivity contribution >= 4 is 35.0 Å². The second kappa shape index (κ2) is 8.50. The van der Waals surface area contributed by atoms with Gasteiger partial charge in [-0.1, -0.05) is 32.1 Å². The molecule has 0 saturated heterocycles. The molecule has 0 spiro atoms. The largest absolute Gasteiger partial charge is 0.423 e. The van der Waals surface area contributed by atoms with Gasteiger partial charge >= 0.3 is 5.63 Å². The summed E-state index contributed by atoms with van der Waals surface area (Å²) in [5.74, 6) is 0.367. The van der Waals surface area contributed by atoms with Gasteiger partial charge in [0.25, 0.3) is 0 Å². The van der Waals surface area contributed by atoms with Gasteiger partial charge in [0.05, 0.1) is 6.04 Å². The fourth-order valence-corrected chi connectivity index (χ4v) is 3.53. The number of amides is 1. The first-order valence-electron chi connectivity index (χ1n) is 8.64. The summed E-state index contributed by atoms with van der Waals surface area (Å²) in [5, 5.41) is 3.70. The number of halogens is 1. The molecule has 2 aromatic rings. The number of hydrogen-bond acceptors (Lipinski definition) is 4. The van der Waals surface area contributed by atoms with Crippen molar-refractivity contribution in [1.82, 2.24) is 0 Å². The summed E-state index contributed by atoms with van der Waals surface area (Å²) in [6, 6.07) is 6.28. The van der Waals surface area contributed by atoms with Crippen molar-refractivity contribution in [3.05, 3.63) is 40.2 Å². The Hall–Kier alpha value is -1.85. The quantitative estimate of drug-likeness (QED) is 0.809. The van der Waals surface area contributed by atoms with E-state index in [1.807, 2.05) is 13.0 Å². The lowest BCUT2D eigenvalue weighted by Crippen LogP contribution is -2.37. The van der Waals surface area contributed by atoms with Gasteiger partial charge in [-0.05, 0) is 37.0 Å². The number of carbonyl (C=O) groups is 1. The van der Waals surface area contributed by atoms with E-state index in [4.69, 9.17) is 10.2 Å². The molecule has 3 rings (SSSR count). The minimum atomic E-state index is -0.506. The molecule has 0 radical (unpaired) electrons. The molecule has 0 aliphatic heterocycles. The number of hydrogen-bond donors (Lipinski definition) is 2. The van der Waals surface area contributed by atoms with E-state index in [9.17, 15) is 9.59 Å². The van der Waals surface area contributed by atoms with E-state index in [1.54, 1.807) is 12.1 Å². The molecule has 5 nitrogen and oxygen atoms in total. The van der Waals surface area contributed by atoms with Gasteiger partial charge in [0.15, 0.2) is 0 Å². The summed E-state index contributed by atoms with van der Waals surface area (Å²) in [7, 11) is 0. The second-order valence-electron chi connectivity index (χ2n) is 6.79. The second-order valence-corrected chi connectivity index (χ2v) is 6.79. The normalized spacial score (nSPS) is 16.2. The smallest absolute Gasteiger partial charge is 0.336 e. The molecule has 1 amide bonds. The van der Waals surface area contributed by atoms with Crippen LogP contribution in [0.1, 0.15) is 44.1 Å². The van der Waals surface area contributed by atoms with Crippen molar-refractivity contribution in [2.45, 2.75) is 51.5 Å². The van der Waals surface area contributed by atoms with Crippen LogP contribution >= 0.6 is 12.4 Å². The third-order valence-electron chi connectivity index (χ3n) is 4.87. The number of aryl methyl sites for hydroxylation is 1. The van der Waals surface area contributed by atoms with Crippen LogP contribution in [0, 0.1) is 12.8 Å². The molecular formula is C19H25ClN2O3. The maximum Gasteiger partial charge on any atom is 0.336 e. The highest BCUT2D eigenvalue weighted by molar-refractivity contribution is 5.96.